The molecule has 1 amide bonds. The Kier molecular flexibility index (Phi) is 36.8. The van der Waals surface area contributed by atoms with Gasteiger partial charge in [-0.1, -0.05) is 163 Å². The summed E-state index contributed by atoms with van der Waals surface area (Å²) in [4.78, 5) is 84.7. The van der Waals surface area contributed by atoms with Gasteiger partial charge in [-0.15, -0.1) is 0 Å². The Hall–Kier alpha value is -11.8. The summed E-state index contributed by atoms with van der Waals surface area (Å²) in [5, 5.41) is 81.3. The van der Waals surface area contributed by atoms with Crippen LogP contribution in [0.25, 0.3) is 67.8 Å². The molecule has 1 saturated heterocycles. The van der Waals surface area contributed by atoms with Crippen molar-refractivity contribution in [2.24, 2.45) is 23.2 Å². The van der Waals surface area contributed by atoms with Crippen molar-refractivity contribution in [2.75, 3.05) is 22.9 Å². The lowest BCUT2D eigenvalue weighted by Gasteiger charge is -2.42. The minimum atomic E-state index is -3.57. The van der Waals surface area contributed by atoms with E-state index in [9.17, 15) is 75.9 Å². The zero-order chi connectivity index (χ0) is 95.8. The smallest absolute Gasteiger partial charge is 0.311 e. The number of carboxylic acid groups (broad SMARTS) is 3. The van der Waals surface area contributed by atoms with Crippen LogP contribution in [0.5, 0.6) is 0 Å². The molecule has 3 aliphatic carbocycles. The van der Waals surface area contributed by atoms with Gasteiger partial charge in [-0.2, -0.15) is 0 Å². The summed E-state index contributed by atoms with van der Waals surface area (Å²) in [5.74, 6) is -3.72. The van der Waals surface area contributed by atoms with Crippen molar-refractivity contribution in [3.63, 3.8) is 0 Å². The first-order chi connectivity index (χ1) is 62.8. The molecule has 0 spiro atoms. The molecule has 3 aromatic heterocycles. The maximum atomic E-state index is 14.0. The maximum Gasteiger partial charge on any atom is 0.311 e. The van der Waals surface area contributed by atoms with Crippen molar-refractivity contribution in [3.8, 4) is 44.8 Å². The van der Waals surface area contributed by atoms with Crippen molar-refractivity contribution >= 4 is 80.5 Å². The van der Waals surface area contributed by atoms with Gasteiger partial charge in [-0.3, -0.25) is 33.8 Å². The summed E-state index contributed by atoms with van der Waals surface area (Å²) < 4.78 is 79.7. The molecular weight excluding hydrogens is 1710 g/mol. The molecular formula is C104H123F3N6O18S. The fourth-order valence-electron chi connectivity index (χ4n) is 16.8. The summed E-state index contributed by atoms with van der Waals surface area (Å²) >= 11 is 0. The van der Waals surface area contributed by atoms with E-state index in [1.165, 1.54) is 49.0 Å². The summed E-state index contributed by atoms with van der Waals surface area (Å²) in [6, 6.07) is 44.7. The summed E-state index contributed by atoms with van der Waals surface area (Å²) in [5.41, 5.74) is 12.5. The second-order valence-electron chi connectivity index (χ2n) is 35.8. The van der Waals surface area contributed by atoms with Gasteiger partial charge >= 0.3 is 29.8 Å². The van der Waals surface area contributed by atoms with Crippen LogP contribution in [0, 0.1) is 40.6 Å². The molecule has 4 aliphatic rings. The number of carbonyl (C=O) groups excluding carboxylic acids is 3. The molecule has 0 unspecified atom stereocenters. The second kappa shape index (κ2) is 47.5. The van der Waals surface area contributed by atoms with Crippen LogP contribution in [0.2, 0.25) is 0 Å². The number of para-hydroxylation sites is 2. The van der Waals surface area contributed by atoms with Crippen molar-refractivity contribution in [2.45, 2.75) is 238 Å². The molecule has 0 radical (unpaired) electrons. The lowest BCUT2D eigenvalue weighted by atomic mass is 9.68. The molecule has 28 heteroatoms. The van der Waals surface area contributed by atoms with Gasteiger partial charge in [0.15, 0.2) is 0 Å². The quantitative estimate of drug-likeness (QED) is 0.0130. The van der Waals surface area contributed by atoms with Gasteiger partial charge in [0, 0.05) is 89.3 Å². The van der Waals surface area contributed by atoms with Crippen LogP contribution < -0.4 is 9.62 Å². The molecule has 0 bridgehead atoms. The Morgan fingerprint density at radius 2 is 1.28 bits per heavy atom. The monoisotopic (exact) mass is 1830 g/mol. The first kappa shape index (κ1) is 102. The number of pyridine rings is 1. The van der Waals surface area contributed by atoms with Crippen LogP contribution in [-0.4, -0.2) is 161 Å². The zero-order valence-corrected chi connectivity index (χ0v) is 77.2. The summed E-state index contributed by atoms with van der Waals surface area (Å²) in [6.07, 6.45) is 17.8. The van der Waals surface area contributed by atoms with Crippen LogP contribution in [0.15, 0.2) is 194 Å². The van der Waals surface area contributed by atoms with Gasteiger partial charge in [0.2, 0.25) is 16.0 Å². The predicted molar refractivity (Wildman–Crippen MR) is 505 cm³/mol. The highest BCUT2D eigenvalue weighted by molar-refractivity contribution is 7.92. The standard InChI is InChI=1S/C33H35FN2O5.C25H24FNO4.C24H36O5.C22H28FN3O4S/c1-21(2)31-30(33(41)35-25-11-7-4-8-12-25)29(22-9-5-3-6-10-22)32(23-13-15-24(34)16-14-23)36(31)18-17-26(37)19-27(38)20-28(39)40;26-17-9-7-15(8-10-17)24-20-3-1-2-4-22(20)27-25(16-5-6-16)21(24)12-11-18(28)13-19(29)14-23(30)31;1-5-24(3,4)23(27)29-20-12-15(2)11-17-8-6-7-16(22(17)20)9-10-19-13-18(25)14-21(26)28-19;1-15(2)20-18(9-7-5-6-8-10-19(27)28)21(16-11-13-17(23)14-12-16)25-22(24-20)26(3)31(4,29)30/h3-16,21,26-27,37-38H,17-20H2,1-2H3,(H,35,41)(H,39,40);1-4,7-12,16,18-19,28-29H,5-6,13-14H2,(H,30,31);6,8,11,15-16,18-20,22,25H,5,7,9-10,12-14H2,1-4H3;7,9,11-15H,5-6,8,10H2,1-4H3,(H,27,28)/b;12-11+;;9-7+/t26-,27-;18-,19-;15-,16+,18+,19+,20-,22+;/m110./s1. The number of amides is 1. The Morgan fingerprint density at radius 3 is 1.86 bits per heavy atom. The van der Waals surface area contributed by atoms with Gasteiger partial charge in [0.05, 0.1) is 95.3 Å². The summed E-state index contributed by atoms with van der Waals surface area (Å²) in [7, 11) is -2.18. The highest BCUT2D eigenvalue weighted by Gasteiger charge is 2.42. The van der Waals surface area contributed by atoms with Gasteiger partial charge < -0.3 is 60.2 Å². The third-order valence-corrected chi connectivity index (χ3v) is 25.2. The number of fused-ring (bicyclic) bond motifs is 2. The number of cyclic esters (lactones) is 1. The first-order valence-electron chi connectivity index (χ1n) is 45.2. The molecule has 132 heavy (non-hydrogen) atoms. The molecule has 24 nitrogen and oxygen atoms in total. The molecule has 6 aromatic carbocycles. The van der Waals surface area contributed by atoms with E-state index in [1.54, 1.807) is 48.6 Å². The number of esters is 2. The number of hydrogen-bond acceptors (Lipinski definition) is 18. The first-order valence-corrected chi connectivity index (χ1v) is 47.1. The summed E-state index contributed by atoms with van der Waals surface area (Å²) in [6.45, 7) is 16.2. The highest BCUT2D eigenvalue weighted by atomic mass is 32.2. The number of unbranched alkanes of at least 4 members (excludes halogenated alkanes) is 2. The van der Waals surface area contributed by atoms with Crippen LogP contribution >= 0.6 is 0 Å². The fraction of sp³-hybridized carbons (Fsp3) is 0.413. The molecule has 13 rings (SSSR count). The number of benzene rings is 6. The normalized spacial score (nSPS) is 18.2. The van der Waals surface area contributed by atoms with Crippen LogP contribution in [0.1, 0.15) is 227 Å². The third kappa shape index (κ3) is 28.9. The van der Waals surface area contributed by atoms with E-state index in [2.05, 4.69) is 40.4 Å². The molecule has 2 fully saturated rings. The number of rotatable bonds is 36. The number of carboxylic acids is 3. The number of anilines is 2. The lowest BCUT2D eigenvalue weighted by Crippen LogP contribution is -2.41. The lowest BCUT2D eigenvalue weighted by molar-refractivity contribution is -0.165. The van der Waals surface area contributed by atoms with Crippen LogP contribution in [-0.2, 0) is 50.0 Å². The number of halogens is 3. The zero-order valence-electron chi connectivity index (χ0n) is 76.4. The van der Waals surface area contributed by atoms with Crippen molar-refractivity contribution in [1.29, 1.82) is 0 Å². The van der Waals surface area contributed by atoms with E-state index in [-0.39, 0.29) is 110 Å². The topological polar surface area (TPSA) is 376 Å². The number of aliphatic carboxylic acids is 3. The number of aromatic nitrogens is 4. The van der Waals surface area contributed by atoms with E-state index >= 15 is 0 Å². The number of sulfonamides is 1. The molecule has 10 atom stereocenters. The average Bonchev–Trinajstić information content (AvgIpc) is 1.57. The van der Waals surface area contributed by atoms with E-state index < -0.39 is 76.7 Å². The van der Waals surface area contributed by atoms with Gasteiger partial charge in [0.1, 0.15) is 29.7 Å². The van der Waals surface area contributed by atoms with E-state index in [0.717, 1.165) is 112 Å². The Morgan fingerprint density at radius 1 is 0.689 bits per heavy atom. The molecule has 1 saturated carbocycles. The SMILES string of the molecule is CC(C)c1c(C(=O)Nc2ccccc2)c(-c2ccccc2)c(-c2ccc(F)cc2)n1CC[C@@H](O)C[C@@H](O)CC(=O)O.CC(C)c1nc(N(C)S(C)(=O)=O)nc(-c2ccc(F)cc2)c1/C=C/CCCCC(=O)O.CCC(C)(C)C(=O)O[C@H]1C[C@@H](C)C=C2C=CC[C@H](CC[C@@H]3C[C@@H](O)CC(=O)O3)[C@H]21.O=C(O)C[C@H](O)C[C@H](O)/C=C/c1c(C2CC2)nc2ccccc2c1-c1ccc(F)cc1. The molecule has 4 heterocycles. The van der Waals surface area contributed by atoms with Crippen LogP contribution in [0.3, 0.4) is 0 Å². The number of aliphatic hydroxyl groups is 5. The molecule has 1 aliphatic heterocycles. The van der Waals surface area contributed by atoms with Crippen molar-refractivity contribution in [3.05, 3.63) is 245 Å². The second-order valence-corrected chi connectivity index (χ2v) is 37.8. The number of aliphatic hydroxyl groups excluding tert-OH is 5. The van der Waals surface area contributed by atoms with E-state index in [0.29, 0.717) is 82.0 Å². The fourth-order valence-corrected chi connectivity index (χ4v) is 17.2. The van der Waals surface area contributed by atoms with Gasteiger partial charge in [-0.25, -0.2) is 35.9 Å². The predicted octanol–water partition coefficient (Wildman–Crippen LogP) is 19.6. The minimum absolute atomic E-state index is 0.0273. The van der Waals surface area contributed by atoms with E-state index in [4.69, 9.17) is 29.8 Å². The number of allylic oxidation sites excluding steroid dienone is 4. The Bertz CT molecular complexity index is 5690. The number of ether oxygens (including phenoxy) is 2. The maximum absolute atomic E-state index is 14.0. The Labute approximate surface area is 770 Å². The number of hydrogen-bond donors (Lipinski definition) is 9. The highest BCUT2D eigenvalue weighted by Crippen LogP contribution is 2.48. The van der Waals surface area contributed by atoms with Crippen LogP contribution in [0.4, 0.5) is 24.8 Å². The Balaban J connectivity index is 0.000000184. The third-order valence-electron chi connectivity index (χ3n) is 24.0. The number of carbonyl (C=O) groups is 6. The molecule has 9 N–H and O–H groups in total. The van der Waals surface area contributed by atoms with Crippen molar-refractivity contribution < 1.29 is 101 Å². The van der Waals surface area contributed by atoms with Gasteiger partial charge in [-0.05, 0) is 216 Å². The van der Waals surface area contributed by atoms with E-state index in [1.807, 2.05) is 150 Å². The van der Waals surface area contributed by atoms with Crippen molar-refractivity contribution in [1.82, 2.24) is 19.5 Å². The molecule has 9 aromatic rings. The number of nitrogens with zero attached hydrogens (tertiary/aromatic N) is 5. The largest absolute Gasteiger partial charge is 0.481 e. The van der Waals surface area contributed by atoms with Gasteiger partial charge in [0.25, 0.3) is 5.91 Å². The number of nitrogens with one attached hydrogen (secondary N) is 1. The minimum Gasteiger partial charge on any atom is -0.481 e. The molecule has 704 valence electrons. The average molecular weight is 1830 g/mol.